The Labute approximate surface area is 71.2 Å². The van der Waals surface area contributed by atoms with E-state index in [9.17, 15) is 9.18 Å². The fourth-order valence-electron chi connectivity index (χ4n) is 0.975. The van der Waals surface area contributed by atoms with Crippen molar-refractivity contribution in [3.8, 4) is 0 Å². The summed E-state index contributed by atoms with van der Waals surface area (Å²) in [7, 11) is 0. The van der Waals surface area contributed by atoms with Crippen LogP contribution in [0.4, 0.5) is 4.39 Å². The standard InChI is InChI=1S/C10H11FO/c1-7(2)10(12)8-4-3-5-9(11)6-8/h3-7H,1-2H3. The molecule has 0 amide bonds. The summed E-state index contributed by atoms with van der Waals surface area (Å²) in [6.45, 7) is 3.60. The first-order valence-corrected chi connectivity index (χ1v) is 3.91. The van der Waals surface area contributed by atoms with Crippen LogP contribution in [0.5, 0.6) is 0 Å². The summed E-state index contributed by atoms with van der Waals surface area (Å²) < 4.78 is 12.6. The van der Waals surface area contributed by atoms with Crippen molar-refractivity contribution in [3.63, 3.8) is 0 Å². The van der Waals surface area contributed by atoms with Gasteiger partial charge in [0, 0.05) is 11.5 Å². The monoisotopic (exact) mass is 166 g/mol. The number of Topliss-reactive ketones (excluding diaryl/α,β-unsaturated/α-hetero) is 1. The number of hydrogen-bond donors (Lipinski definition) is 0. The van der Waals surface area contributed by atoms with E-state index >= 15 is 0 Å². The van der Waals surface area contributed by atoms with Crippen molar-refractivity contribution in [2.45, 2.75) is 13.8 Å². The predicted octanol–water partition coefficient (Wildman–Crippen LogP) is 2.66. The van der Waals surface area contributed by atoms with E-state index < -0.39 is 0 Å². The van der Waals surface area contributed by atoms with E-state index in [0.717, 1.165) is 0 Å². The van der Waals surface area contributed by atoms with E-state index in [-0.39, 0.29) is 17.5 Å². The Kier molecular flexibility index (Phi) is 2.58. The third-order valence-electron chi connectivity index (χ3n) is 1.63. The molecule has 0 aromatic heterocycles. The number of rotatable bonds is 2. The Morgan fingerprint density at radius 2 is 2.08 bits per heavy atom. The second-order valence-electron chi connectivity index (χ2n) is 3.03. The quantitative estimate of drug-likeness (QED) is 0.617. The Bertz CT molecular complexity index is 292. The molecule has 0 unspecified atom stereocenters. The van der Waals surface area contributed by atoms with E-state index in [1.54, 1.807) is 26.0 Å². The van der Waals surface area contributed by atoms with Gasteiger partial charge in [0.2, 0.25) is 0 Å². The second-order valence-corrected chi connectivity index (χ2v) is 3.03. The highest BCUT2D eigenvalue weighted by molar-refractivity contribution is 5.97. The SMILES string of the molecule is CC(C)C(=O)c1cccc(F)c1. The maximum atomic E-state index is 12.6. The van der Waals surface area contributed by atoms with Gasteiger partial charge in [-0.3, -0.25) is 4.79 Å². The molecule has 0 saturated carbocycles. The van der Waals surface area contributed by atoms with Crippen LogP contribution in [0.25, 0.3) is 0 Å². The minimum atomic E-state index is -0.360. The van der Waals surface area contributed by atoms with E-state index in [1.165, 1.54) is 12.1 Å². The van der Waals surface area contributed by atoms with Crippen LogP contribution in [-0.4, -0.2) is 5.78 Å². The van der Waals surface area contributed by atoms with Gasteiger partial charge in [-0.25, -0.2) is 4.39 Å². The molecule has 1 nitrogen and oxygen atoms in total. The number of ketones is 1. The van der Waals surface area contributed by atoms with Gasteiger partial charge in [-0.15, -0.1) is 0 Å². The molecular formula is C10H11FO. The minimum Gasteiger partial charge on any atom is -0.294 e. The maximum absolute atomic E-state index is 12.6. The van der Waals surface area contributed by atoms with Crippen LogP contribution in [-0.2, 0) is 0 Å². The lowest BCUT2D eigenvalue weighted by Gasteiger charge is -2.02. The summed E-state index contributed by atoms with van der Waals surface area (Å²) in [6, 6.07) is 5.77. The van der Waals surface area contributed by atoms with Crippen LogP contribution < -0.4 is 0 Å². The second kappa shape index (κ2) is 3.48. The first-order chi connectivity index (χ1) is 5.61. The van der Waals surface area contributed by atoms with Crippen molar-refractivity contribution in [1.29, 1.82) is 0 Å². The van der Waals surface area contributed by atoms with Crippen molar-refractivity contribution < 1.29 is 9.18 Å². The van der Waals surface area contributed by atoms with Gasteiger partial charge in [-0.05, 0) is 12.1 Å². The van der Waals surface area contributed by atoms with Crippen LogP contribution >= 0.6 is 0 Å². The molecular weight excluding hydrogens is 155 g/mol. The molecule has 0 aliphatic carbocycles. The van der Waals surface area contributed by atoms with Gasteiger partial charge in [0.1, 0.15) is 5.82 Å². The zero-order chi connectivity index (χ0) is 9.14. The molecule has 0 aliphatic heterocycles. The summed E-state index contributed by atoms with van der Waals surface area (Å²) in [5, 5.41) is 0. The summed E-state index contributed by atoms with van der Waals surface area (Å²) in [5.74, 6) is -0.456. The molecule has 0 saturated heterocycles. The lowest BCUT2D eigenvalue weighted by Crippen LogP contribution is -2.07. The molecule has 0 fully saturated rings. The van der Waals surface area contributed by atoms with Gasteiger partial charge in [0.05, 0.1) is 0 Å². The number of carbonyl (C=O) groups is 1. The van der Waals surface area contributed by atoms with Crippen molar-refractivity contribution in [1.82, 2.24) is 0 Å². The van der Waals surface area contributed by atoms with Gasteiger partial charge in [-0.2, -0.15) is 0 Å². The van der Waals surface area contributed by atoms with Crippen molar-refractivity contribution in [2.75, 3.05) is 0 Å². The molecule has 0 atom stereocenters. The van der Waals surface area contributed by atoms with Crippen molar-refractivity contribution >= 4 is 5.78 Å². The van der Waals surface area contributed by atoms with Gasteiger partial charge in [0.25, 0.3) is 0 Å². The first kappa shape index (κ1) is 8.91. The zero-order valence-electron chi connectivity index (χ0n) is 7.17. The molecule has 1 aromatic carbocycles. The average Bonchev–Trinajstić information content (AvgIpc) is 2.03. The van der Waals surface area contributed by atoms with Crippen LogP contribution in [0.1, 0.15) is 24.2 Å². The highest BCUT2D eigenvalue weighted by atomic mass is 19.1. The van der Waals surface area contributed by atoms with Gasteiger partial charge in [-0.1, -0.05) is 26.0 Å². The van der Waals surface area contributed by atoms with E-state index in [2.05, 4.69) is 0 Å². The molecule has 1 aromatic rings. The Morgan fingerprint density at radius 1 is 1.42 bits per heavy atom. The van der Waals surface area contributed by atoms with Crippen LogP contribution in [0.3, 0.4) is 0 Å². The number of benzene rings is 1. The summed E-state index contributed by atoms with van der Waals surface area (Å²) in [6.07, 6.45) is 0. The lowest BCUT2D eigenvalue weighted by molar-refractivity contribution is 0.0939. The normalized spacial score (nSPS) is 10.3. The highest BCUT2D eigenvalue weighted by Gasteiger charge is 2.09. The Morgan fingerprint density at radius 3 is 2.58 bits per heavy atom. The third kappa shape index (κ3) is 1.91. The maximum Gasteiger partial charge on any atom is 0.165 e. The fraction of sp³-hybridized carbons (Fsp3) is 0.300. The zero-order valence-corrected chi connectivity index (χ0v) is 7.17. The smallest absolute Gasteiger partial charge is 0.165 e. The lowest BCUT2D eigenvalue weighted by atomic mass is 10.0. The minimum absolute atomic E-state index is 0.0190. The van der Waals surface area contributed by atoms with E-state index in [0.29, 0.717) is 5.56 Å². The molecule has 0 radical (unpaired) electrons. The molecule has 0 bridgehead atoms. The molecule has 0 aliphatic rings. The van der Waals surface area contributed by atoms with Gasteiger partial charge < -0.3 is 0 Å². The first-order valence-electron chi connectivity index (χ1n) is 3.91. The highest BCUT2D eigenvalue weighted by Crippen LogP contribution is 2.09. The number of carbonyl (C=O) groups excluding carboxylic acids is 1. The molecule has 2 heteroatoms. The Balaban J connectivity index is 2.96. The molecule has 64 valence electrons. The fourth-order valence-corrected chi connectivity index (χ4v) is 0.975. The molecule has 0 heterocycles. The van der Waals surface area contributed by atoms with Gasteiger partial charge >= 0.3 is 0 Å². The largest absolute Gasteiger partial charge is 0.294 e. The molecule has 0 N–H and O–H groups in total. The number of hydrogen-bond acceptors (Lipinski definition) is 1. The number of halogens is 1. The summed E-state index contributed by atoms with van der Waals surface area (Å²) in [5.41, 5.74) is 0.449. The third-order valence-corrected chi connectivity index (χ3v) is 1.63. The van der Waals surface area contributed by atoms with Crippen LogP contribution in [0, 0.1) is 11.7 Å². The van der Waals surface area contributed by atoms with Crippen molar-refractivity contribution in [3.05, 3.63) is 35.6 Å². The van der Waals surface area contributed by atoms with Crippen LogP contribution in [0.15, 0.2) is 24.3 Å². The predicted molar refractivity (Wildman–Crippen MR) is 45.6 cm³/mol. The molecule has 1 rings (SSSR count). The summed E-state index contributed by atoms with van der Waals surface area (Å²) in [4.78, 5) is 11.3. The molecule has 12 heavy (non-hydrogen) atoms. The molecule has 0 spiro atoms. The van der Waals surface area contributed by atoms with E-state index in [4.69, 9.17) is 0 Å². The van der Waals surface area contributed by atoms with E-state index in [1.807, 2.05) is 0 Å². The summed E-state index contributed by atoms with van der Waals surface area (Å²) >= 11 is 0. The topological polar surface area (TPSA) is 17.1 Å². The van der Waals surface area contributed by atoms with Crippen LogP contribution in [0.2, 0.25) is 0 Å². The average molecular weight is 166 g/mol. The van der Waals surface area contributed by atoms with Crippen molar-refractivity contribution in [2.24, 2.45) is 5.92 Å². The van der Waals surface area contributed by atoms with Gasteiger partial charge in [0.15, 0.2) is 5.78 Å². The Hall–Kier alpha value is -1.18.